The van der Waals surface area contributed by atoms with Crippen LogP contribution in [0.3, 0.4) is 0 Å². The molecule has 2 radical (unpaired) electrons. The summed E-state index contributed by atoms with van der Waals surface area (Å²) in [4.78, 5) is 0. The van der Waals surface area contributed by atoms with Gasteiger partial charge in [-0.15, -0.1) is 80.2 Å². The standard InChI is InChI=1S/2C20H21.C2H6Si.2ClH.Ti/c2*1-2-3-11-18-15-17-12-7-8-13-19(17)20(18)14-16-9-5-4-6-10-16;1-3-2;;;/h2*4-10,12-13,15H,2-3,11,14H2,1H3;1-2H3;2*1H;/q2*-1;;;;+2/p-2. The van der Waals surface area contributed by atoms with Gasteiger partial charge in [-0.25, -0.2) is 0 Å². The third-order valence-corrected chi connectivity index (χ3v) is 8.05. The number of unbranched alkanes of at least 4 members (excludes halogenated alkanes) is 2. The van der Waals surface area contributed by atoms with E-state index >= 15 is 0 Å². The summed E-state index contributed by atoms with van der Waals surface area (Å²) in [6, 6.07) is 44.0. The topological polar surface area (TPSA) is 0 Å². The SMILES string of the molecule is CCCCc1cc2ccccc2[c-]1Cc1ccccc1.CCCCc1cc2ccccc2[c-]1Cc1ccccc1.C[Si]C.[Cl][Ti][Cl]. The van der Waals surface area contributed by atoms with Gasteiger partial charge in [0.05, 0.1) is 0 Å². The fraction of sp³-hybridized carbons (Fsp3) is 0.286. The van der Waals surface area contributed by atoms with Crippen molar-refractivity contribution in [1.29, 1.82) is 0 Å². The third-order valence-electron chi connectivity index (χ3n) is 8.05. The van der Waals surface area contributed by atoms with Gasteiger partial charge in [-0.1, -0.05) is 137 Å². The van der Waals surface area contributed by atoms with Gasteiger partial charge in [-0.2, -0.15) is 12.1 Å². The Morgan fingerprint density at radius 2 is 0.870 bits per heavy atom. The number of aryl methyl sites for hydroxylation is 2. The summed E-state index contributed by atoms with van der Waals surface area (Å²) in [7, 11) is 10.9. The van der Waals surface area contributed by atoms with E-state index in [2.05, 4.69) is 148 Å². The minimum absolute atomic E-state index is 0.556. The van der Waals surface area contributed by atoms with E-state index in [-0.39, 0.29) is 0 Å². The van der Waals surface area contributed by atoms with Gasteiger partial charge in [0, 0.05) is 9.52 Å². The van der Waals surface area contributed by atoms with Gasteiger partial charge >= 0.3 is 35.6 Å². The number of benzene rings is 4. The van der Waals surface area contributed by atoms with Crippen molar-refractivity contribution >= 4 is 49.7 Å². The zero-order chi connectivity index (χ0) is 33.0. The molecule has 0 aromatic heterocycles. The van der Waals surface area contributed by atoms with E-state index in [1.807, 2.05) is 0 Å². The van der Waals surface area contributed by atoms with Crippen molar-refractivity contribution in [2.24, 2.45) is 0 Å². The maximum absolute atomic E-state index is 4.89. The second-order valence-electron chi connectivity index (χ2n) is 11.6. The number of hydrogen-bond donors (Lipinski definition) is 0. The molecule has 0 bridgehead atoms. The molecule has 0 heterocycles. The molecule has 0 nitrogen and oxygen atoms in total. The van der Waals surface area contributed by atoms with Gasteiger partial charge in [0.15, 0.2) is 0 Å². The van der Waals surface area contributed by atoms with Crippen LogP contribution in [0.15, 0.2) is 121 Å². The van der Waals surface area contributed by atoms with E-state index in [0.717, 1.165) is 22.4 Å². The van der Waals surface area contributed by atoms with Gasteiger partial charge in [0.25, 0.3) is 0 Å². The van der Waals surface area contributed by atoms with Gasteiger partial charge in [0.1, 0.15) is 0 Å². The van der Waals surface area contributed by atoms with Crippen LogP contribution in [0.4, 0.5) is 0 Å². The van der Waals surface area contributed by atoms with Gasteiger partial charge < -0.3 is 0 Å². The summed E-state index contributed by atoms with van der Waals surface area (Å²) >= 11 is -0.556. The summed E-state index contributed by atoms with van der Waals surface area (Å²) in [5, 5.41) is 5.65. The maximum atomic E-state index is 4.89. The van der Waals surface area contributed by atoms with Crippen molar-refractivity contribution in [3.8, 4) is 0 Å². The Labute approximate surface area is 297 Å². The number of fused-ring (bicyclic) bond motifs is 2. The Balaban J connectivity index is 0.000000214. The molecule has 0 spiro atoms. The van der Waals surface area contributed by atoms with E-state index in [0.29, 0.717) is 0 Å². The van der Waals surface area contributed by atoms with E-state index in [9.17, 15) is 0 Å². The van der Waals surface area contributed by atoms with E-state index < -0.39 is 17.0 Å². The van der Waals surface area contributed by atoms with Crippen molar-refractivity contribution < 1.29 is 17.0 Å². The summed E-state index contributed by atoms with van der Waals surface area (Å²) in [6.45, 7) is 8.83. The molecule has 6 aromatic carbocycles. The molecule has 0 aliphatic carbocycles. The molecule has 0 amide bonds. The number of halogens is 2. The van der Waals surface area contributed by atoms with Crippen LogP contribution in [0, 0.1) is 0 Å². The van der Waals surface area contributed by atoms with Crippen LogP contribution in [-0.4, -0.2) is 9.52 Å². The third kappa shape index (κ3) is 12.0. The Hall–Kier alpha value is -2.39. The predicted molar refractivity (Wildman–Crippen MR) is 204 cm³/mol. The van der Waals surface area contributed by atoms with Crippen molar-refractivity contribution in [1.82, 2.24) is 0 Å². The Morgan fingerprint density at radius 3 is 1.22 bits per heavy atom. The second-order valence-corrected chi connectivity index (χ2v) is 15.2. The Morgan fingerprint density at radius 1 is 0.543 bits per heavy atom. The van der Waals surface area contributed by atoms with Gasteiger partial charge in [-0.05, 0) is 25.7 Å². The monoisotopic (exact) mass is 698 g/mol. The molecular formula is C42H48Cl2SiTi-2. The fourth-order valence-corrected chi connectivity index (χ4v) is 5.89. The summed E-state index contributed by atoms with van der Waals surface area (Å²) < 4.78 is 0. The number of rotatable bonds is 10. The predicted octanol–water partition coefficient (Wildman–Crippen LogP) is 13.1. The quantitative estimate of drug-likeness (QED) is 0.0986. The van der Waals surface area contributed by atoms with Crippen LogP contribution in [0.5, 0.6) is 0 Å². The summed E-state index contributed by atoms with van der Waals surface area (Å²) in [5.41, 5.74) is 8.94. The zero-order valence-corrected chi connectivity index (χ0v) is 32.0. The van der Waals surface area contributed by atoms with Crippen LogP contribution in [0.25, 0.3) is 21.5 Å². The van der Waals surface area contributed by atoms with Crippen molar-refractivity contribution in [2.45, 2.75) is 78.3 Å². The van der Waals surface area contributed by atoms with Crippen molar-refractivity contribution in [3.05, 3.63) is 155 Å². The first-order valence-corrected chi connectivity index (χ1v) is 22.8. The normalized spacial score (nSPS) is 10.3. The zero-order valence-electron chi connectivity index (χ0n) is 28.0. The molecule has 0 saturated heterocycles. The first kappa shape index (κ1) is 38.1. The number of hydrogen-bond acceptors (Lipinski definition) is 0. The van der Waals surface area contributed by atoms with Gasteiger partial charge in [0.2, 0.25) is 0 Å². The molecule has 0 fully saturated rings. The molecule has 0 N–H and O–H groups in total. The Kier molecular flexibility index (Phi) is 18.4. The molecule has 0 saturated carbocycles. The first-order chi connectivity index (χ1) is 22.6. The van der Waals surface area contributed by atoms with E-state index in [1.165, 1.54) is 93.5 Å². The van der Waals surface area contributed by atoms with Crippen LogP contribution >= 0.6 is 18.6 Å². The molecular weight excluding hydrogens is 651 g/mol. The van der Waals surface area contributed by atoms with Crippen molar-refractivity contribution in [2.75, 3.05) is 0 Å². The van der Waals surface area contributed by atoms with Crippen LogP contribution < -0.4 is 0 Å². The molecule has 240 valence electrons. The molecule has 6 rings (SSSR count). The molecule has 0 aliphatic heterocycles. The minimum atomic E-state index is -0.556. The van der Waals surface area contributed by atoms with E-state index in [4.69, 9.17) is 18.6 Å². The Bertz CT molecular complexity index is 1530. The molecule has 0 aliphatic rings. The average Bonchev–Trinajstić information content (AvgIpc) is 3.62. The summed E-state index contributed by atoms with van der Waals surface area (Å²) in [6.07, 6.45) is 9.57. The van der Waals surface area contributed by atoms with Crippen LogP contribution in [-0.2, 0) is 42.7 Å². The average molecular weight is 700 g/mol. The van der Waals surface area contributed by atoms with E-state index in [1.54, 1.807) is 0 Å². The van der Waals surface area contributed by atoms with Crippen LogP contribution in [0.2, 0.25) is 13.1 Å². The summed E-state index contributed by atoms with van der Waals surface area (Å²) in [5.74, 6) is 0. The first-order valence-electron chi connectivity index (χ1n) is 16.5. The fourth-order valence-electron chi connectivity index (χ4n) is 5.89. The molecule has 4 heteroatoms. The van der Waals surface area contributed by atoms with Gasteiger partial charge in [-0.3, -0.25) is 0 Å². The van der Waals surface area contributed by atoms with Crippen LogP contribution in [0.1, 0.15) is 72.9 Å². The molecule has 0 unspecified atom stereocenters. The van der Waals surface area contributed by atoms with Crippen molar-refractivity contribution in [3.63, 3.8) is 0 Å². The second kappa shape index (κ2) is 22.2. The molecule has 0 atom stereocenters. The molecule has 6 aromatic rings. The molecule has 46 heavy (non-hydrogen) atoms.